The van der Waals surface area contributed by atoms with E-state index in [1.54, 1.807) is 35.9 Å². The maximum absolute atomic E-state index is 13.5. The highest BCUT2D eigenvalue weighted by atomic mass is 35.5. The van der Waals surface area contributed by atoms with Gasteiger partial charge in [-0.25, -0.2) is 4.79 Å². The van der Waals surface area contributed by atoms with E-state index in [1.165, 1.54) is 4.57 Å². The largest absolute Gasteiger partial charge is 0.573 e. The van der Waals surface area contributed by atoms with E-state index < -0.39 is 23.4 Å². The van der Waals surface area contributed by atoms with Gasteiger partial charge in [-0.2, -0.15) is 9.55 Å². The standard InChI is InChI=1S/C26H29ClF3N5O5/c1-6-20(40-26(28,29)30)15-17(2)38-13-14-39-24-31-22-21(35(24)16-18-7-9-19(27)10-8-18)23(36)34(12-11-32(3)4)25(37)33(22)5/h6-10,15H,1-2,11-14,16H2,3-5H3/p+1/b20-15+. The van der Waals surface area contributed by atoms with Crippen molar-refractivity contribution in [3.63, 3.8) is 0 Å². The molecular weight excluding hydrogens is 555 g/mol. The van der Waals surface area contributed by atoms with E-state index in [-0.39, 0.29) is 49.2 Å². The summed E-state index contributed by atoms with van der Waals surface area (Å²) in [7, 11) is 5.22. The molecule has 1 aromatic carbocycles. The predicted octanol–water partition coefficient (Wildman–Crippen LogP) is 3.09. The lowest BCUT2D eigenvalue weighted by Crippen LogP contribution is -2.46. The molecule has 0 amide bonds. The molecule has 0 aliphatic heterocycles. The summed E-state index contributed by atoms with van der Waals surface area (Å²) in [6.07, 6.45) is -3.07. The highest BCUT2D eigenvalue weighted by molar-refractivity contribution is 6.30. The Hall–Kier alpha value is -3.97. The molecule has 0 atom stereocenters. The number of allylic oxidation sites excluding steroid dienone is 2. The van der Waals surface area contributed by atoms with Gasteiger partial charge in [-0.3, -0.25) is 13.9 Å². The number of fused-ring (bicyclic) bond motifs is 1. The van der Waals surface area contributed by atoms with Crippen LogP contribution >= 0.6 is 11.6 Å². The number of H-pyrrole nitrogens is 1. The maximum Gasteiger partial charge on any atom is 0.573 e. The minimum absolute atomic E-state index is 0.0768. The molecule has 14 heteroatoms. The molecular formula is C26H30ClF3N5O5+. The molecule has 0 spiro atoms. The summed E-state index contributed by atoms with van der Waals surface area (Å²) in [6, 6.07) is 7.18. The topological polar surface area (TPSA) is 94.6 Å². The molecule has 3 rings (SSSR count). The smallest absolute Gasteiger partial charge is 0.491 e. The van der Waals surface area contributed by atoms with Gasteiger partial charge >= 0.3 is 23.6 Å². The number of rotatable bonds is 13. The zero-order chi connectivity index (χ0) is 29.6. The van der Waals surface area contributed by atoms with Crippen LogP contribution in [0.25, 0.3) is 11.2 Å². The van der Waals surface area contributed by atoms with E-state index >= 15 is 0 Å². The highest BCUT2D eigenvalue weighted by Gasteiger charge is 2.31. The van der Waals surface area contributed by atoms with Crippen molar-refractivity contribution in [2.75, 3.05) is 33.9 Å². The van der Waals surface area contributed by atoms with Crippen LogP contribution in [-0.2, 0) is 29.6 Å². The average Bonchev–Trinajstić information content (AvgIpc) is 3.23. The van der Waals surface area contributed by atoms with Gasteiger partial charge in [0.1, 0.15) is 31.3 Å². The molecule has 0 saturated heterocycles. The number of benzene rings is 1. The second-order valence-corrected chi connectivity index (χ2v) is 9.34. The SMILES string of the molecule is C=C/C(=C\C(=C)OCCOc1[nH]c2c(c(=O)n(CCN(C)C)c(=O)n2C)[n+]1Cc1ccc(Cl)cc1)OC(F)(F)F. The zero-order valence-corrected chi connectivity index (χ0v) is 23.0. The molecule has 10 nitrogen and oxygen atoms in total. The number of ether oxygens (including phenoxy) is 3. The molecule has 2 heterocycles. The maximum atomic E-state index is 13.5. The highest BCUT2D eigenvalue weighted by Crippen LogP contribution is 2.22. The molecule has 3 aromatic rings. The zero-order valence-electron chi connectivity index (χ0n) is 22.3. The van der Waals surface area contributed by atoms with Gasteiger partial charge in [0.15, 0.2) is 0 Å². The number of imidazole rings is 1. The molecule has 0 aliphatic carbocycles. The molecule has 216 valence electrons. The number of halogens is 4. The van der Waals surface area contributed by atoms with Gasteiger partial charge in [0.05, 0.1) is 0 Å². The normalized spacial score (nSPS) is 12.2. The number of hydrogen-bond donors (Lipinski definition) is 1. The molecule has 40 heavy (non-hydrogen) atoms. The summed E-state index contributed by atoms with van der Waals surface area (Å²) in [5.41, 5.74) is 0.310. The van der Waals surface area contributed by atoms with Crippen molar-refractivity contribution < 1.29 is 31.9 Å². The van der Waals surface area contributed by atoms with E-state index in [2.05, 4.69) is 22.9 Å². The first-order chi connectivity index (χ1) is 18.8. The Morgan fingerprint density at radius 1 is 1.20 bits per heavy atom. The second-order valence-electron chi connectivity index (χ2n) is 8.90. The summed E-state index contributed by atoms with van der Waals surface area (Å²) >= 11 is 6.02. The van der Waals surface area contributed by atoms with E-state index in [9.17, 15) is 22.8 Å². The van der Waals surface area contributed by atoms with Crippen molar-refractivity contribution in [2.45, 2.75) is 19.5 Å². The van der Waals surface area contributed by atoms with E-state index in [4.69, 9.17) is 21.1 Å². The van der Waals surface area contributed by atoms with Crippen molar-refractivity contribution in [3.05, 3.63) is 92.5 Å². The Labute approximate surface area is 232 Å². The Morgan fingerprint density at radius 2 is 1.88 bits per heavy atom. The van der Waals surface area contributed by atoms with Gasteiger partial charge in [-0.15, -0.1) is 13.2 Å². The Morgan fingerprint density at radius 3 is 2.48 bits per heavy atom. The second kappa shape index (κ2) is 12.9. The number of hydrogen-bond acceptors (Lipinski definition) is 6. The number of aryl methyl sites for hydroxylation is 1. The van der Waals surface area contributed by atoms with Gasteiger partial charge in [0.25, 0.3) is 11.2 Å². The molecule has 0 unspecified atom stereocenters. The lowest BCUT2D eigenvalue weighted by Gasteiger charge is -2.11. The average molecular weight is 585 g/mol. The van der Waals surface area contributed by atoms with Crippen molar-refractivity contribution in [3.8, 4) is 6.01 Å². The number of aromatic amines is 1. The molecule has 0 radical (unpaired) electrons. The molecule has 0 saturated carbocycles. The van der Waals surface area contributed by atoms with Crippen molar-refractivity contribution >= 4 is 22.8 Å². The van der Waals surface area contributed by atoms with Crippen LogP contribution in [0.15, 0.2) is 70.7 Å². The quantitative estimate of drug-likeness (QED) is 0.144. The van der Waals surface area contributed by atoms with E-state index in [0.29, 0.717) is 11.6 Å². The predicted molar refractivity (Wildman–Crippen MR) is 143 cm³/mol. The number of aromatic nitrogens is 4. The molecule has 0 bridgehead atoms. The summed E-state index contributed by atoms with van der Waals surface area (Å²) in [6.45, 7) is 7.50. The van der Waals surface area contributed by atoms with Gasteiger partial charge < -0.3 is 19.1 Å². The van der Waals surface area contributed by atoms with Gasteiger partial charge in [0.2, 0.25) is 0 Å². The lowest BCUT2D eigenvalue weighted by atomic mass is 10.2. The fourth-order valence-electron chi connectivity index (χ4n) is 3.72. The van der Waals surface area contributed by atoms with Crippen LogP contribution in [0.3, 0.4) is 0 Å². The summed E-state index contributed by atoms with van der Waals surface area (Å²) in [5, 5.41) is 0.546. The van der Waals surface area contributed by atoms with Gasteiger partial charge in [0, 0.05) is 31.2 Å². The molecule has 0 aliphatic rings. The van der Waals surface area contributed by atoms with Crippen LogP contribution < -0.4 is 20.6 Å². The van der Waals surface area contributed by atoms with Crippen LogP contribution in [0.1, 0.15) is 5.56 Å². The van der Waals surface area contributed by atoms with Gasteiger partial charge in [-0.1, -0.05) is 36.9 Å². The first kappa shape index (κ1) is 30.6. The third kappa shape index (κ3) is 7.79. The lowest BCUT2D eigenvalue weighted by molar-refractivity contribution is -0.668. The van der Waals surface area contributed by atoms with Crippen LogP contribution in [0.5, 0.6) is 6.01 Å². The first-order valence-electron chi connectivity index (χ1n) is 12.0. The number of nitrogens with zero attached hydrogens (tertiary/aromatic N) is 4. The number of likely N-dealkylation sites (N-methyl/N-ethyl adjacent to an activating group) is 1. The van der Waals surface area contributed by atoms with Crippen molar-refractivity contribution in [1.82, 2.24) is 19.0 Å². The van der Waals surface area contributed by atoms with Crippen molar-refractivity contribution in [2.24, 2.45) is 7.05 Å². The first-order valence-corrected chi connectivity index (χ1v) is 12.4. The van der Waals surface area contributed by atoms with Crippen LogP contribution in [0.2, 0.25) is 5.02 Å². The Bertz CT molecular complexity index is 1520. The fourth-order valence-corrected chi connectivity index (χ4v) is 3.84. The Balaban J connectivity index is 1.90. The van der Waals surface area contributed by atoms with Crippen molar-refractivity contribution in [1.29, 1.82) is 0 Å². The minimum atomic E-state index is -4.89. The Kier molecular flexibility index (Phi) is 9.88. The fraction of sp³-hybridized carbons (Fsp3) is 0.346. The van der Waals surface area contributed by atoms with Crippen LogP contribution in [-0.4, -0.2) is 59.2 Å². The van der Waals surface area contributed by atoms with Crippen LogP contribution in [0, 0.1) is 0 Å². The minimum Gasteiger partial charge on any atom is -0.491 e. The third-order valence-electron chi connectivity index (χ3n) is 5.64. The molecule has 0 fully saturated rings. The third-order valence-corrected chi connectivity index (χ3v) is 5.89. The van der Waals surface area contributed by atoms with Crippen LogP contribution in [0.4, 0.5) is 13.2 Å². The number of nitrogens with one attached hydrogen (secondary N) is 1. The van der Waals surface area contributed by atoms with E-state index in [1.807, 2.05) is 19.0 Å². The monoisotopic (exact) mass is 584 g/mol. The molecule has 2 aromatic heterocycles. The molecule has 1 N–H and O–H groups in total. The van der Waals surface area contributed by atoms with Gasteiger partial charge in [-0.05, 0) is 37.9 Å². The summed E-state index contributed by atoms with van der Waals surface area (Å²) < 4.78 is 56.5. The summed E-state index contributed by atoms with van der Waals surface area (Å²) in [5.74, 6) is -0.694. The van der Waals surface area contributed by atoms with E-state index in [0.717, 1.165) is 22.3 Å². The summed E-state index contributed by atoms with van der Waals surface area (Å²) in [4.78, 5) is 31.3. The number of alkyl halides is 3.